The summed E-state index contributed by atoms with van der Waals surface area (Å²) >= 11 is 0. The van der Waals surface area contributed by atoms with Gasteiger partial charge in [-0.15, -0.1) is 0 Å². The van der Waals surface area contributed by atoms with Gasteiger partial charge in [-0.25, -0.2) is 0 Å². The monoisotopic (exact) mass is 192 g/mol. The van der Waals surface area contributed by atoms with Gasteiger partial charge in [0.15, 0.2) is 0 Å². The van der Waals surface area contributed by atoms with Crippen molar-refractivity contribution in [1.29, 1.82) is 0 Å². The molecule has 0 aliphatic heterocycles. The second-order valence-corrected chi connectivity index (χ2v) is 3.74. The molecule has 1 heteroatoms. The van der Waals surface area contributed by atoms with Crippen molar-refractivity contribution in [2.45, 2.75) is 38.5 Å². The van der Waals surface area contributed by atoms with E-state index in [1.54, 1.807) is 0 Å². The third-order valence-corrected chi connectivity index (χ3v) is 2.72. The molecule has 0 saturated heterocycles. The van der Waals surface area contributed by atoms with Crippen molar-refractivity contribution in [2.24, 2.45) is 0 Å². The Hall–Kier alpha value is -0.820. The van der Waals surface area contributed by atoms with Gasteiger partial charge in [-0.3, -0.25) is 0 Å². The van der Waals surface area contributed by atoms with E-state index in [1.165, 1.54) is 18.4 Å². The smallest absolute Gasteiger partial charge is 0.0431 e. The lowest BCUT2D eigenvalue weighted by Crippen LogP contribution is -1.97. The molecule has 14 heavy (non-hydrogen) atoms. The van der Waals surface area contributed by atoms with Crippen LogP contribution in [0.15, 0.2) is 30.3 Å². The lowest BCUT2D eigenvalue weighted by Gasteiger charge is -2.14. The Morgan fingerprint density at radius 2 is 1.86 bits per heavy atom. The highest BCUT2D eigenvalue weighted by Crippen LogP contribution is 2.24. The first-order valence-corrected chi connectivity index (χ1v) is 5.54. The summed E-state index contributed by atoms with van der Waals surface area (Å²) in [5, 5.41) is 8.72. The minimum absolute atomic E-state index is 0.325. The zero-order valence-electron chi connectivity index (χ0n) is 8.95. The molecule has 0 aliphatic rings. The summed E-state index contributed by atoms with van der Waals surface area (Å²) in [7, 11) is 0. The molecule has 1 rings (SSSR count). The summed E-state index contributed by atoms with van der Waals surface area (Å²) in [5.74, 6) is 0.669. The minimum Gasteiger partial charge on any atom is -0.396 e. The van der Waals surface area contributed by atoms with Gasteiger partial charge >= 0.3 is 0 Å². The van der Waals surface area contributed by atoms with Gasteiger partial charge in [0, 0.05) is 6.61 Å². The number of unbranched alkanes of at least 4 members (excludes halogenated alkanes) is 1. The summed E-state index contributed by atoms with van der Waals surface area (Å²) in [6, 6.07) is 10.7. The van der Waals surface area contributed by atoms with Crippen LogP contribution in [0.3, 0.4) is 0 Å². The molecule has 1 aromatic rings. The van der Waals surface area contributed by atoms with Crippen LogP contribution in [0.1, 0.15) is 44.1 Å². The van der Waals surface area contributed by atoms with Gasteiger partial charge in [0.05, 0.1) is 0 Å². The topological polar surface area (TPSA) is 20.2 Å². The van der Waals surface area contributed by atoms with E-state index in [9.17, 15) is 0 Å². The van der Waals surface area contributed by atoms with Crippen molar-refractivity contribution in [2.75, 3.05) is 6.61 Å². The van der Waals surface area contributed by atoms with Crippen molar-refractivity contribution in [3.63, 3.8) is 0 Å². The second-order valence-electron chi connectivity index (χ2n) is 3.74. The molecule has 0 heterocycles. The van der Waals surface area contributed by atoms with Crippen LogP contribution in [0.5, 0.6) is 0 Å². The largest absolute Gasteiger partial charge is 0.396 e. The van der Waals surface area contributed by atoms with Gasteiger partial charge in [-0.05, 0) is 30.7 Å². The molecular weight excluding hydrogens is 172 g/mol. The molecular formula is C13H20O. The molecule has 0 aromatic heterocycles. The van der Waals surface area contributed by atoms with Crippen LogP contribution in [0.4, 0.5) is 0 Å². The van der Waals surface area contributed by atoms with Crippen LogP contribution in [-0.4, -0.2) is 11.7 Å². The zero-order valence-corrected chi connectivity index (χ0v) is 8.95. The molecule has 0 radical (unpaired) electrons. The van der Waals surface area contributed by atoms with Gasteiger partial charge in [-0.1, -0.05) is 43.7 Å². The highest BCUT2D eigenvalue weighted by atomic mass is 16.2. The van der Waals surface area contributed by atoms with Crippen LogP contribution >= 0.6 is 0 Å². The highest BCUT2D eigenvalue weighted by molar-refractivity contribution is 5.19. The Labute approximate surface area is 86.8 Å². The first kappa shape index (κ1) is 11.3. The van der Waals surface area contributed by atoms with Crippen molar-refractivity contribution in [3.8, 4) is 0 Å². The van der Waals surface area contributed by atoms with E-state index in [1.807, 2.05) is 0 Å². The highest BCUT2D eigenvalue weighted by Gasteiger charge is 2.07. The second kappa shape index (κ2) is 6.61. The van der Waals surface area contributed by atoms with Gasteiger partial charge in [0.25, 0.3) is 0 Å². The predicted molar refractivity (Wildman–Crippen MR) is 60.4 cm³/mol. The van der Waals surface area contributed by atoms with Crippen molar-refractivity contribution < 1.29 is 5.11 Å². The molecule has 0 spiro atoms. The fraction of sp³-hybridized carbons (Fsp3) is 0.538. The standard InChI is InChI=1S/C13H20O/c1-2-12(8-6-7-11-14)13-9-4-3-5-10-13/h3-5,9-10,12,14H,2,6-8,11H2,1H3/t12-/m1/s1. The normalized spacial score (nSPS) is 12.7. The van der Waals surface area contributed by atoms with Gasteiger partial charge in [-0.2, -0.15) is 0 Å². The molecule has 0 bridgehead atoms. The lowest BCUT2D eigenvalue weighted by atomic mass is 9.91. The maximum Gasteiger partial charge on any atom is 0.0431 e. The number of aliphatic hydroxyl groups is 1. The summed E-state index contributed by atoms with van der Waals surface area (Å²) in [5.41, 5.74) is 1.44. The number of benzene rings is 1. The van der Waals surface area contributed by atoms with Crippen molar-refractivity contribution in [3.05, 3.63) is 35.9 Å². The molecule has 1 N–H and O–H groups in total. The third-order valence-electron chi connectivity index (χ3n) is 2.72. The van der Waals surface area contributed by atoms with E-state index in [2.05, 4.69) is 37.3 Å². The Balaban J connectivity index is 2.46. The van der Waals surface area contributed by atoms with Crippen LogP contribution in [0, 0.1) is 0 Å². The quantitative estimate of drug-likeness (QED) is 0.685. The maximum absolute atomic E-state index is 8.72. The molecule has 0 amide bonds. The summed E-state index contributed by atoms with van der Waals surface area (Å²) in [4.78, 5) is 0. The van der Waals surface area contributed by atoms with E-state index < -0.39 is 0 Å². The van der Waals surface area contributed by atoms with Gasteiger partial charge < -0.3 is 5.11 Å². The van der Waals surface area contributed by atoms with Crippen LogP contribution in [0.25, 0.3) is 0 Å². The van der Waals surface area contributed by atoms with E-state index >= 15 is 0 Å². The Morgan fingerprint density at radius 3 is 2.43 bits per heavy atom. The summed E-state index contributed by atoms with van der Waals surface area (Å²) in [6.45, 7) is 2.56. The minimum atomic E-state index is 0.325. The first-order chi connectivity index (χ1) is 6.88. The predicted octanol–water partition coefficient (Wildman–Crippen LogP) is 3.34. The lowest BCUT2D eigenvalue weighted by molar-refractivity contribution is 0.281. The van der Waals surface area contributed by atoms with Crippen molar-refractivity contribution >= 4 is 0 Å². The van der Waals surface area contributed by atoms with Gasteiger partial charge in [0.2, 0.25) is 0 Å². The van der Waals surface area contributed by atoms with Crippen LogP contribution in [0.2, 0.25) is 0 Å². The van der Waals surface area contributed by atoms with Gasteiger partial charge in [0.1, 0.15) is 0 Å². The SMILES string of the molecule is CC[C@H](CCCCO)c1ccccc1. The van der Waals surface area contributed by atoms with E-state index in [-0.39, 0.29) is 0 Å². The first-order valence-electron chi connectivity index (χ1n) is 5.54. The van der Waals surface area contributed by atoms with E-state index in [4.69, 9.17) is 5.11 Å². The third kappa shape index (κ3) is 3.51. The number of hydrogen-bond acceptors (Lipinski definition) is 1. The Kier molecular flexibility index (Phi) is 5.31. The molecule has 0 saturated carbocycles. The van der Waals surface area contributed by atoms with Crippen LogP contribution < -0.4 is 0 Å². The average molecular weight is 192 g/mol. The molecule has 1 aromatic carbocycles. The van der Waals surface area contributed by atoms with E-state index in [0.29, 0.717) is 12.5 Å². The molecule has 0 fully saturated rings. The molecule has 0 aliphatic carbocycles. The Morgan fingerprint density at radius 1 is 1.14 bits per heavy atom. The fourth-order valence-electron chi connectivity index (χ4n) is 1.83. The Bertz CT molecular complexity index is 230. The maximum atomic E-state index is 8.72. The molecule has 1 nitrogen and oxygen atoms in total. The number of hydrogen-bond donors (Lipinski definition) is 1. The molecule has 1 atom stereocenters. The van der Waals surface area contributed by atoms with Crippen molar-refractivity contribution in [1.82, 2.24) is 0 Å². The zero-order chi connectivity index (χ0) is 10.2. The summed E-state index contributed by atoms with van der Waals surface area (Å²) < 4.78 is 0. The number of aliphatic hydroxyl groups excluding tert-OH is 1. The van der Waals surface area contributed by atoms with Crippen LogP contribution in [-0.2, 0) is 0 Å². The molecule has 0 unspecified atom stereocenters. The summed E-state index contributed by atoms with van der Waals surface area (Å²) in [6.07, 6.45) is 4.45. The number of rotatable bonds is 6. The average Bonchev–Trinajstić information content (AvgIpc) is 2.26. The fourth-order valence-corrected chi connectivity index (χ4v) is 1.83. The van der Waals surface area contributed by atoms with E-state index in [0.717, 1.165) is 12.8 Å². The molecule has 78 valence electrons.